The number of nitrogens with two attached hydrogens (primary N) is 3. The van der Waals surface area contributed by atoms with E-state index in [0.29, 0.717) is 0 Å². The van der Waals surface area contributed by atoms with Gasteiger partial charge in [0.1, 0.15) is 24.2 Å². The Morgan fingerprint density at radius 3 is 1.89 bits per heavy atom. The number of aliphatic carboxylic acids is 2. The molecule has 15 nitrogen and oxygen atoms in total. The maximum Gasteiger partial charge on any atom is 0.326 e. The minimum atomic E-state index is -1.35. The van der Waals surface area contributed by atoms with Crippen LogP contribution in [-0.2, 0) is 24.0 Å². The van der Waals surface area contributed by atoms with Crippen molar-refractivity contribution in [2.75, 3.05) is 13.2 Å². The molecule has 0 aliphatic heterocycles. The zero-order valence-electron chi connectivity index (χ0n) is 19.9. The number of guanidine groups is 1. The number of carbonyl (C=O) groups is 5. The zero-order valence-corrected chi connectivity index (χ0v) is 19.9. The zero-order chi connectivity index (χ0) is 27.1. The number of nitrogens with one attached hydrogen (secondary N) is 3. The van der Waals surface area contributed by atoms with E-state index in [0.717, 1.165) is 0 Å². The van der Waals surface area contributed by atoms with E-state index in [2.05, 4.69) is 20.9 Å². The van der Waals surface area contributed by atoms with Gasteiger partial charge in [-0.1, -0.05) is 13.8 Å². The predicted octanol–water partition coefficient (Wildman–Crippen LogP) is -3.19. The van der Waals surface area contributed by atoms with Gasteiger partial charge < -0.3 is 48.5 Å². The van der Waals surface area contributed by atoms with Gasteiger partial charge in [0.2, 0.25) is 17.7 Å². The van der Waals surface area contributed by atoms with Crippen LogP contribution < -0.4 is 33.2 Å². The number of carboxylic acid groups (broad SMARTS) is 2. The van der Waals surface area contributed by atoms with Gasteiger partial charge in [0.15, 0.2) is 5.96 Å². The van der Waals surface area contributed by atoms with Gasteiger partial charge in [-0.05, 0) is 31.6 Å². The number of carboxylic acids is 2. The number of nitrogens with zero attached hydrogens (tertiary/aromatic N) is 1. The normalized spacial score (nSPS) is 14.2. The standard InChI is InChI=1S/C20H37N7O8/c1-10(2)8-14(18(33)26-13(19(34)35)4-3-7-24-20(22)23)27-17(32)12(5-6-15(29)30)25-16(31)11(21)9-28/h10-14,28H,3-9,21H2,1-2H3,(H,25,31)(H,26,33)(H,27,32)(H,29,30)(H,34,35)(H4,22,23,24). The second-order valence-electron chi connectivity index (χ2n) is 8.32. The molecule has 0 fully saturated rings. The highest BCUT2D eigenvalue weighted by molar-refractivity contribution is 5.94. The first-order valence-corrected chi connectivity index (χ1v) is 11.1. The predicted molar refractivity (Wildman–Crippen MR) is 125 cm³/mol. The van der Waals surface area contributed by atoms with Crippen LogP contribution >= 0.6 is 0 Å². The molecule has 0 spiro atoms. The lowest BCUT2D eigenvalue weighted by molar-refractivity contribution is -0.142. The molecule has 0 saturated carbocycles. The van der Waals surface area contributed by atoms with E-state index >= 15 is 0 Å². The van der Waals surface area contributed by atoms with Gasteiger partial charge >= 0.3 is 11.9 Å². The Kier molecular flexibility index (Phi) is 14.6. The molecule has 4 atom stereocenters. The number of aliphatic hydroxyl groups is 1. The number of rotatable bonds is 17. The van der Waals surface area contributed by atoms with Crippen LogP contribution in [0.4, 0.5) is 0 Å². The van der Waals surface area contributed by atoms with E-state index in [1.165, 1.54) is 0 Å². The summed E-state index contributed by atoms with van der Waals surface area (Å²) in [5, 5.41) is 34.5. The quantitative estimate of drug-likeness (QED) is 0.0541. The molecule has 15 heteroatoms. The third kappa shape index (κ3) is 13.7. The monoisotopic (exact) mass is 503 g/mol. The summed E-state index contributed by atoms with van der Waals surface area (Å²) in [7, 11) is 0. The van der Waals surface area contributed by atoms with Crippen molar-refractivity contribution >= 4 is 35.6 Å². The molecule has 0 aliphatic carbocycles. The van der Waals surface area contributed by atoms with E-state index in [1.54, 1.807) is 13.8 Å². The van der Waals surface area contributed by atoms with Crippen molar-refractivity contribution in [2.24, 2.45) is 28.1 Å². The average molecular weight is 504 g/mol. The van der Waals surface area contributed by atoms with Crippen molar-refractivity contribution in [3.05, 3.63) is 0 Å². The van der Waals surface area contributed by atoms with Crippen molar-refractivity contribution in [1.82, 2.24) is 16.0 Å². The molecule has 0 aliphatic rings. The van der Waals surface area contributed by atoms with Crippen molar-refractivity contribution in [3.63, 3.8) is 0 Å². The highest BCUT2D eigenvalue weighted by Gasteiger charge is 2.30. The van der Waals surface area contributed by atoms with Crippen molar-refractivity contribution in [1.29, 1.82) is 0 Å². The number of aliphatic imine (C=N–C) groups is 1. The largest absolute Gasteiger partial charge is 0.481 e. The van der Waals surface area contributed by atoms with Crippen molar-refractivity contribution in [2.45, 2.75) is 70.1 Å². The molecule has 35 heavy (non-hydrogen) atoms. The van der Waals surface area contributed by atoms with Crippen LogP contribution in [0.25, 0.3) is 0 Å². The summed E-state index contributed by atoms with van der Waals surface area (Å²) < 4.78 is 0. The number of amides is 3. The fourth-order valence-corrected chi connectivity index (χ4v) is 2.91. The molecule has 0 saturated heterocycles. The van der Waals surface area contributed by atoms with E-state index in [9.17, 15) is 29.1 Å². The third-order valence-corrected chi connectivity index (χ3v) is 4.71. The summed E-state index contributed by atoms with van der Waals surface area (Å²) in [5.41, 5.74) is 15.9. The molecule has 3 amide bonds. The summed E-state index contributed by atoms with van der Waals surface area (Å²) in [4.78, 5) is 64.0. The average Bonchev–Trinajstić information content (AvgIpc) is 2.76. The highest BCUT2D eigenvalue weighted by Crippen LogP contribution is 2.09. The first kappa shape index (κ1) is 31.5. The van der Waals surface area contributed by atoms with Crippen LogP contribution in [0.15, 0.2) is 4.99 Å². The maximum atomic E-state index is 12.8. The minimum absolute atomic E-state index is 0.0243. The summed E-state index contributed by atoms with van der Waals surface area (Å²) in [5.74, 6) is -5.25. The van der Waals surface area contributed by atoms with Gasteiger partial charge in [-0.2, -0.15) is 0 Å². The lowest BCUT2D eigenvalue weighted by atomic mass is 10.0. The Labute approximate surface area is 202 Å². The topological polar surface area (TPSA) is 273 Å². The fraction of sp³-hybridized carbons (Fsp3) is 0.700. The number of carbonyl (C=O) groups excluding carboxylic acids is 3. The molecule has 0 aromatic rings. The Morgan fingerprint density at radius 2 is 1.40 bits per heavy atom. The molecule has 4 unspecified atom stereocenters. The summed E-state index contributed by atoms with van der Waals surface area (Å²) in [6.45, 7) is 3.02. The number of hydrogen-bond acceptors (Lipinski definition) is 8. The number of aliphatic hydroxyl groups excluding tert-OH is 1. The van der Waals surface area contributed by atoms with Crippen LogP contribution in [0.2, 0.25) is 0 Å². The Hall–Kier alpha value is -3.46. The summed E-state index contributed by atoms with van der Waals surface area (Å²) in [6.07, 6.45) is -0.344. The van der Waals surface area contributed by atoms with Crippen LogP contribution in [0.1, 0.15) is 46.0 Å². The molecule has 0 radical (unpaired) electrons. The fourth-order valence-electron chi connectivity index (χ4n) is 2.91. The maximum absolute atomic E-state index is 12.8. The van der Waals surface area contributed by atoms with Crippen LogP contribution in [-0.4, -0.2) is 88.3 Å². The van der Waals surface area contributed by atoms with E-state index < -0.39 is 66.9 Å². The van der Waals surface area contributed by atoms with Crippen molar-refractivity contribution < 1.29 is 39.3 Å². The highest BCUT2D eigenvalue weighted by atomic mass is 16.4. The second kappa shape index (κ2) is 16.2. The minimum Gasteiger partial charge on any atom is -0.481 e. The molecular weight excluding hydrogens is 466 g/mol. The third-order valence-electron chi connectivity index (χ3n) is 4.71. The molecule has 0 heterocycles. The first-order valence-electron chi connectivity index (χ1n) is 11.1. The Bertz CT molecular complexity index is 771. The molecular formula is C20H37N7O8. The lowest BCUT2D eigenvalue weighted by Crippen LogP contribution is -2.57. The van der Waals surface area contributed by atoms with Crippen LogP contribution in [0.3, 0.4) is 0 Å². The molecule has 200 valence electrons. The number of hydrogen-bond donors (Lipinski definition) is 9. The summed E-state index contributed by atoms with van der Waals surface area (Å²) >= 11 is 0. The van der Waals surface area contributed by atoms with Gasteiger partial charge in [0.05, 0.1) is 6.61 Å². The summed E-state index contributed by atoms with van der Waals surface area (Å²) in [6, 6.07) is -5.13. The Morgan fingerprint density at radius 1 is 0.857 bits per heavy atom. The molecule has 0 rings (SSSR count). The SMILES string of the molecule is CC(C)CC(NC(=O)C(CCC(=O)O)NC(=O)C(N)CO)C(=O)NC(CCCN=C(N)N)C(=O)O. The molecule has 0 bridgehead atoms. The van der Waals surface area contributed by atoms with E-state index in [1.807, 2.05) is 0 Å². The Balaban J connectivity index is 5.47. The van der Waals surface area contributed by atoms with Gasteiger partial charge in [-0.25, -0.2) is 4.79 Å². The van der Waals surface area contributed by atoms with E-state index in [-0.39, 0.29) is 44.1 Å². The smallest absolute Gasteiger partial charge is 0.326 e. The van der Waals surface area contributed by atoms with Gasteiger partial charge in [-0.3, -0.25) is 24.2 Å². The molecule has 12 N–H and O–H groups in total. The first-order chi connectivity index (χ1) is 16.3. The molecule has 0 aromatic heterocycles. The van der Waals surface area contributed by atoms with Crippen molar-refractivity contribution in [3.8, 4) is 0 Å². The van der Waals surface area contributed by atoms with Crippen LogP contribution in [0.5, 0.6) is 0 Å². The van der Waals surface area contributed by atoms with Crippen LogP contribution in [0, 0.1) is 5.92 Å². The van der Waals surface area contributed by atoms with E-state index in [4.69, 9.17) is 27.4 Å². The molecule has 0 aromatic carbocycles. The lowest BCUT2D eigenvalue weighted by Gasteiger charge is -2.26. The van der Waals surface area contributed by atoms with Gasteiger partial charge in [-0.15, -0.1) is 0 Å². The van der Waals surface area contributed by atoms with Gasteiger partial charge in [0, 0.05) is 13.0 Å². The second-order valence-corrected chi connectivity index (χ2v) is 8.32. The van der Waals surface area contributed by atoms with Gasteiger partial charge in [0.25, 0.3) is 0 Å².